The lowest BCUT2D eigenvalue weighted by molar-refractivity contribution is -0.150. The van der Waals surface area contributed by atoms with Crippen molar-refractivity contribution >= 4 is 5.91 Å². The van der Waals surface area contributed by atoms with E-state index in [0.29, 0.717) is 26.0 Å². The Balaban J connectivity index is 1.42. The molecule has 0 unspecified atom stereocenters. The number of hydrogen-bond donors (Lipinski definition) is 2. The first kappa shape index (κ1) is 23.7. The normalized spacial score (nSPS) is 17.5. The Bertz CT molecular complexity index is 1100. The van der Waals surface area contributed by atoms with Crippen LogP contribution in [0.2, 0.25) is 0 Å². The summed E-state index contributed by atoms with van der Waals surface area (Å²) in [6.45, 7) is 0.767. The van der Waals surface area contributed by atoms with Crippen molar-refractivity contribution in [2.24, 2.45) is 0 Å². The second-order valence-corrected chi connectivity index (χ2v) is 8.25. The summed E-state index contributed by atoms with van der Waals surface area (Å²) < 4.78 is 25.3. The predicted octanol–water partition coefficient (Wildman–Crippen LogP) is 4.61. The third-order valence-electron chi connectivity index (χ3n) is 5.76. The second-order valence-electron chi connectivity index (χ2n) is 8.25. The van der Waals surface area contributed by atoms with Gasteiger partial charge in [-0.15, -0.1) is 0 Å². The number of allylic oxidation sites excluding steroid dienone is 1. The Morgan fingerprint density at radius 3 is 2.38 bits per heavy atom. The topological polar surface area (TPSA) is 67.8 Å². The maximum absolute atomic E-state index is 13.4. The van der Waals surface area contributed by atoms with Crippen LogP contribution in [0.4, 0.5) is 4.39 Å². The molecule has 1 amide bonds. The maximum Gasteiger partial charge on any atom is 0.286 e. The average molecular weight is 462 g/mol. The number of hydrogen-bond acceptors (Lipinski definition) is 4. The van der Waals surface area contributed by atoms with Gasteiger partial charge in [-0.2, -0.15) is 0 Å². The third-order valence-corrected chi connectivity index (χ3v) is 5.76. The first-order chi connectivity index (χ1) is 16.6. The summed E-state index contributed by atoms with van der Waals surface area (Å²) in [5.41, 5.74) is 3.79. The van der Waals surface area contributed by atoms with E-state index >= 15 is 0 Å². The molecule has 1 aliphatic rings. The highest BCUT2D eigenvalue weighted by molar-refractivity contribution is 5.91. The van der Waals surface area contributed by atoms with Crippen LogP contribution in [-0.4, -0.2) is 23.8 Å². The highest BCUT2D eigenvalue weighted by Crippen LogP contribution is 2.32. The lowest BCUT2D eigenvalue weighted by atomic mass is 9.93. The molecule has 0 spiro atoms. The number of aliphatic hydroxyl groups is 1. The zero-order valence-electron chi connectivity index (χ0n) is 18.8. The summed E-state index contributed by atoms with van der Waals surface area (Å²) in [4.78, 5) is 12.9. The molecule has 5 nitrogen and oxygen atoms in total. The van der Waals surface area contributed by atoms with Crippen LogP contribution in [0.15, 0.2) is 90.7 Å². The first-order valence-electron chi connectivity index (χ1n) is 11.4. The molecule has 0 saturated heterocycles. The highest BCUT2D eigenvalue weighted by atomic mass is 19.1. The van der Waals surface area contributed by atoms with Gasteiger partial charge in [-0.1, -0.05) is 66.7 Å². The minimum absolute atomic E-state index is 0.0141. The third kappa shape index (κ3) is 6.53. The number of carbonyl (C=O) groups is 1. The average Bonchev–Trinajstić information content (AvgIpc) is 2.88. The number of carbonyl (C=O) groups excluding carboxylic acids is 1. The van der Waals surface area contributed by atoms with Crippen molar-refractivity contribution in [3.05, 3.63) is 119 Å². The van der Waals surface area contributed by atoms with Crippen molar-refractivity contribution in [3.8, 4) is 0 Å². The Hall–Kier alpha value is -3.48. The molecular weight excluding hydrogens is 433 g/mol. The van der Waals surface area contributed by atoms with Gasteiger partial charge in [0.2, 0.25) is 6.29 Å². The molecular formula is C28H28FNO4. The van der Waals surface area contributed by atoms with Gasteiger partial charge in [0.25, 0.3) is 5.91 Å². The zero-order chi connectivity index (χ0) is 23.8. The van der Waals surface area contributed by atoms with E-state index in [1.807, 2.05) is 54.6 Å². The van der Waals surface area contributed by atoms with Gasteiger partial charge in [0, 0.05) is 18.9 Å². The quantitative estimate of drug-likeness (QED) is 0.489. The number of benzene rings is 3. The van der Waals surface area contributed by atoms with Crippen LogP contribution < -0.4 is 5.32 Å². The monoisotopic (exact) mass is 461 g/mol. The molecule has 4 rings (SSSR count). The Morgan fingerprint density at radius 2 is 1.68 bits per heavy atom. The van der Waals surface area contributed by atoms with E-state index in [9.17, 15) is 14.3 Å². The Morgan fingerprint density at radius 1 is 0.971 bits per heavy atom. The molecule has 0 saturated carbocycles. The van der Waals surface area contributed by atoms with Gasteiger partial charge in [0.15, 0.2) is 5.76 Å². The molecule has 2 N–H and O–H groups in total. The molecule has 0 aliphatic carbocycles. The molecule has 1 heterocycles. The molecule has 3 aromatic carbocycles. The van der Waals surface area contributed by atoms with E-state index in [1.165, 1.54) is 12.1 Å². The minimum Gasteiger partial charge on any atom is -0.459 e. The van der Waals surface area contributed by atoms with E-state index in [-0.39, 0.29) is 30.0 Å². The molecule has 0 radical (unpaired) electrons. The summed E-state index contributed by atoms with van der Waals surface area (Å²) in [7, 11) is 0. The van der Waals surface area contributed by atoms with E-state index < -0.39 is 6.29 Å². The van der Waals surface area contributed by atoms with Gasteiger partial charge in [0.05, 0.1) is 13.2 Å². The number of nitrogens with one attached hydrogen (secondary N) is 1. The molecule has 2 atom stereocenters. The van der Waals surface area contributed by atoms with Crippen molar-refractivity contribution in [2.75, 3.05) is 6.54 Å². The van der Waals surface area contributed by atoms with E-state index in [4.69, 9.17) is 9.47 Å². The summed E-state index contributed by atoms with van der Waals surface area (Å²) >= 11 is 0. The zero-order valence-corrected chi connectivity index (χ0v) is 18.8. The van der Waals surface area contributed by atoms with Crippen LogP contribution in [0.3, 0.4) is 0 Å². The van der Waals surface area contributed by atoms with Crippen LogP contribution in [0.25, 0.3) is 0 Å². The van der Waals surface area contributed by atoms with Gasteiger partial charge >= 0.3 is 0 Å². The fourth-order valence-electron chi connectivity index (χ4n) is 3.84. The van der Waals surface area contributed by atoms with Gasteiger partial charge in [-0.25, -0.2) is 4.39 Å². The van der Waals surface area contributed by atoms with Crippen LogP contribution in [0.5, 0.6) is 0 Å². The largest absolute Gasteiger partial charge is 0.459 e. The van der Waals surface area contributed by atoms with Crippen molar-refractivity contribution < 1.29 is 23.8 Å². The lowest BCUT2D eigenvalue weighted by Crippen LogP contribution is -2.33. The smallest absolute Gasteiger partial charge is 0.286 e. The highest BCUT2D eigenvalue weighted by Gasteiger charge is 2.28. The van der Waals surface area contributed by atoms with Crippen LogP contribution in [0, 0.1) is 5.82 Å². The van der Waals surface area contributed by atoms with Crippen molar-refractivity contribution in [3.63, 3.8) is 0 Å². The fourth-order valence-corrected chi connectivity index (χ4v) is 3.84. The molecule has 0 aromatic heterocycles. The number of halogens is 1. The summed E-state index contributed by atoms with van der Waals surface area (Å²) in [5, 5.41) is 12.1. The molecule has 6 heteroatoms. The number of aliphatic hydroxyl groups excluding tert-OH is 1. The minimum atomic E-state index is -0.632. The van der Waals surface area contributed by atoms with Gasteiger partial charge in [-0.3, -0.25) is 4.79 Å². The summed E-state index contributed by atoms with van der Waals surface area (Å²) in [5.74, 6) is -0.554. The van der Waals surface area contributed by atoms with Crippen LogP contribution in [0.1, 0.15) is 34.6 Å². The van der Waals surface area contributed by atoms with Crippen molar-refractivity contribution in [1.29, 1.82) is 0 Å². The molecule has 0 bridgehead atoms. The van der Waals surface area contributed by atoms with E-state index in [1.54, 1.807) is 18.2 Å². The van der Waals surface area contributed by atoms with Crippen LogP contribution in [-0.2, 0) is 33.9 Å². The first-order valence-corrected chi connectivity index (χ1v) is 11.4. The van der Waals surface area contributed by atoms with Crippen molar-refractivity contribution in [2.45, 2.75) is 38.3 Å². The van der Waals surface area contributed by atoms with Gasteiger partial charge in [-0.05, 0) is 46.9 Å². The van der Waals surface area contributed by atoms with E-state index in [2.05, 4.69) is 5.32 Å². The second kappa shape index (κ2) is 11.6. The lowest BCUT2D eigenvalue weighted by Gasteiger charge is -2.29. The van der Waals surface area contributed by atoms with Crippen LogP contribution >= 0.6 is 0 Å². The SMILES string of the molecule is O=C(NCCc1ccccc1)C1=C[C@H](c2ccc(F)cc2)C[C@H](OCc2ccc(CO)cc2)O1. The number of rotatable bonds is 9. The van der Waals surface area contributed by atoms with Gasteiger partial charge < -0.3 is 19.9 Å². The number of ether oxygens (including phenoxy) is 2. The predicted molar refractivity (Wildman–Crippen MR) is 127 cm³/mol. The number of amides is 1. The molecule has 1 aliphatic heterocycles. The molecule has 34 heavy (non-hydrogen) atoms. The Labute approximate surface area is 198 Å². The maximum atomic E-state index is 13.4. The van der Waals surface area contributed by atoms with E-state index in [0.717, 1.165) is 22.3 Å². The molecule has 176 valence electrons. The fraction of sp³-hybridized carbons (Fsp3) is 0.250. The van der Waals surface area contributed by atoms with Crippen molar-refractivity contribution in [1.82, 2.24) is 5.32 Å². The summed E-state index contributed by atoms with van der Waals surface area (Å²) in [6, 6.07) is 23.7. The standard InChI is InChI=1S/C28H28FNO4/c29-25-12-10-23(11-13-25)24-16-26(28(32)30-15-14-20-4-2-1-3-5-20)34-27(17-24)33-19-22-8-6-21(18-31)7-9-22/h1-13,16,24,27,31H,14-15,17-19H2,(H,30,32)/t24-,27+/m0/s1. The molecule has 0 fully saturated rings. The Kier molecular flexibility index (Phi) is 8.07. The van der Waals surface area contributed by atoms with Gasteiger partial charge in [0.1, 0.15) is 5.82 Å². The molecule has 3 aromatic rings. The summed E-state index contributed by atoms with van der Waals surface area (Å²) in [6.07, 6.45) is 2.36.